The van der Waals surface area contributed by atoms with Crippen LogP contribution in [0.3, 0.4) is 0 Å². The highest BCUT2D eigenvalue weighted by molar-refractivity contribution is 4.99. The summed E-state index contributed by atoms with van der Waals surface area (Å²) in [6.45, 7) is 0.138. The highest BCUT2D eigenvalue weighted by Gasteiger charge is 2.50. The molecule has 1 saturated heterocycles. The van der Waals surface area contributed by atoms with Gasteiger partial charge in [-0.2, -0.15) is 0 Å². The maximum Gasteiger partial charge on any atom is 0.108 e. The van der Waals surface area contributed by atoms with Crippen LogP contribution in [0.5, 0.6) is 0 Å². The molecule has 11 heavy (non-hydrogen) atoms. The molecule has 1 heterocycles. The van der Waals surface area contributed by atoms with Crippen LogP contribution in [0.15, 0.2) is 0 Å². The number of rotatable bonds is 0. The second kappa shape index (κ2) is 2.42. The van der Waals surface area contributed by atoms with Crippen LogP contribution >= 0.6 is 0 Å². The predicted molar refractivity (Wildman–Crippen MR) is 35.9 cm³/mol. The summed E-state index contributed by atoms with van der Waals surface area (Å²) >= 11 is 0. The lowest BCUT2D eigenvalue weighted by Gasteiger charge is -2.19. The van der Waals surface area contributed by atoms with E-state index in [1.165, 1.54) is 0 Å². The fourth-order valence-electron chi connectivity index (χ4n) is 1.54. The van der Waals surface area contributed by atoms with Crippen LogP contribution in [0.4, 0.5) is 0 Å². The summed E-state index contributed by atoms with van der Waals surface area (Å²) in [6.07, 6.45) is -1.90. The first-order valence-electron chi connectivity index (χ1n) is 3.86. The molecule has 0 aromatic rings. The summed E-state index contributed by atoms with van der Waals surface area (Å²) < 4.78 is 5.16. The van der Waals surface area contributed by atoms with E-state index in [1.54, 1.807) is 0 Å². The summed E-state index contributed by atoms with van der Waals surface area (Å²) in [5.74, 6) is 0.0437. The Kier molecular flexibility index (Phi) is 1.64. The fourth-order valence-corrected chi connectivity index (χ4v) is 1.54. The fraction of sp³-hybridized carbons (Fsp3) is 1.00. The largest absolute Gasteiger partial charge is 0.390 e. The Morgan fingerprint density at radius 2 is 1.82 bits per heavy atom. The summed E-state index contributed by atoms with van der Waals surface area (Å²) in [4.78, 5) is 0. The predicted octanol–water partition coefficient (Wildman–Crippen LogP) is -1.51. The normalized spacial score (nSPS) is 56.5. The minimum absolute atomic E-state index is 0.0437. The van der Waals surface area contributed by atoms with E-state index in [0.717, 1.165) is 6.42 Å². The monoisotopic (exact) mass is 160 g/mol. The quantitative estimate of drug-likeness (QED) is 0.403. The molecule has 0 aromatic heterocycles. The van der Waals surface area contributed by atoms with Crippen molar-refractivity contribution in [2.45, 2.75) is 30.8 Å². The standard InChI is InChI=1S/C7H12O4/c8-4-2-11-5-1-3(5)6(9)7(4)10/h3-10H,1-2H2/t3-,4?,5+,6?,7+/m0/s1. The maximum atomic E-state index is 9.35. The summed E-state index contributed by atoms with van der Waals surface area (Å²) in [7, 11) is 0. The highest BCUT2D eigenvalue weighted by Crippen LogP contribution is 2.40. The van der Waals surface area contributed by atoms with E-state index >= 15 is 0 Å². The number of ether oxygens (including phenoxy) is 1. The lowest BCUT2D eigenvalue weighted by molar-refractivity contribution is -0.0730. The van der Waals surface area contributed by atoms with Gasteiger partial charge in [-0.25, -0.2) is 0 Å². The molecule has 0 aromatic carbocycles. The van der Waals surface area contributed by atoms with Crippen LogP contribution in [0.1, 0.15) is 6.42 Å². The van der Waals surface area contributed by atoms with Gasteiger partial charge >= 0.3 is 0 Å². The van der Waals surface area contributed by atoms with Gasteiger partial charge in [-0.05, 0) is 6.42 Å². The molecule has 2 rings (SSSR count). The molecule has 1 aliphatic heterocycles. The average Bonchev–Trinajstić information content (AvgIpc) is 2.75. The number of hydrogen-bond donors (Lipinski definition) is 3. The van der Waals surface area contributed by atoms with Gasteiger partial charge in [0.15, 0.2) is 0 Å². The molecule has 2 aliphatic rings. The zero-order valence-electron chi connectivity index (χ0n) is 6.05. The van der Waals surface area contributed by atoms with Crippen molar-refractivity contribution >= 4 is 0 Å². The Bertz CT molecular complexity index is 155. The number of hydrogen-bond acceptors (Lipinski definition) is 4. The van der Waals surface area contributed by atoms with E-state index in [1.807, 2.05) is 0 Å². The third-order valence-corrected chi connectivity index (χ3v) is 2.44. The first-order valence-corrected chi connectivity index (χ1v) is 3.86. The average molecular weight is 160 g/mol. The molecule has 0 amide bonds. The summed E-state index contributed by atoms with van der Waals surface area (Å²) in [5, 5.41) is 27.7. The number of aliphatic hydroxyl groups is 3. The molecule has 3 N–H and O–H groups in total. The van der Waals surface area contributed by atoms with Crippen molar-refractivity contribution in [3.05, 3.63) is 0 Å². The minimum Gasteiger partial charge on any atom is -0.390 e. The van der Waals surface area contributed by atoms with E-state index in [0.29, 0.717) is 0 Å². The molecule has 5 atom stereocenters. The Morgan fingerprint density at radius 1 is 1.09 bits per heavy atom. The molecule has 0 spiro atoms. The van der Waals surface area contributed by atoms with E-state index in [2.05, 4.69) is 0 Å². The van der Waals surface area contributed by atoms with Crippen LogP contribution < -0.4 is 0 Å². The Labute approximate surface area is 64.4 Å². The van der Waals surface area contributed by atoms with Gasteiger partial charge < -0.3 is 20.1 Å². The van der Waals surface area contributed by atoms with Crippen molar-refractivity contribution in [1.29, 1.82) is 0 Å². The van der Waals surface area contributed by atoms with Gasteiger partial charge in [0.2, 0.25) is 0 Å². The number of fused-ring (bicyclic) bond motifs is 1. The summed E-state index contributed by atoms with van der Waals surface area (Å²) in [5.41, 5.74) is 0. The van der Waals surface area contributed by atoms with E-state index in [9.17, 15) is 10.2 Å². The van der Waals surface area contributed by atoms with Crippen LogP contribution in [-0.2, 0) is 4.74 Å². The smallest absolute Gasteiger partial charge is 0.108 e. The van der Waals surface area contributed by atoms with Crippen molar-refractivity contribution in [1.82, 2.24) is 0 Å². The van der Waals surface area contributed by atoms with Gasteiger partial charge in [0, 0.05) is 5.92 Å². The second-order valence-electron chi connectivity index (χ2n) is 3.32. The molecule has 2 fully saturated rings. The third-order valence-electron chi connectivity index (χ3n) is 2.44. The van der Waals surface area contributed by atoms with Crippen LogP contribution in [-0.4, -0.2) is 46.3 Å². The second-order valence-corrected chi connectivity index (χ2v) is 3.32. The van der Waals surface area contributed by atoms with Gasteiger partial charge in [0.25, 0.3) is 0 Å². The van der Waals surface area contributed by atoms with Crippen molar-refractivity contribution in [2.24, 2.45) is 5.92 Å². The molecular formula is C7H12O4. The van der Waals surface area contributed by atoms with Crippen molar-refractivity contribution < 1.29 is 20.1 Å². The van der Waals surface area contributed by atoms with E-state index < -0.39 is 18.3 Å². The number of aliphatic hydroxyl groups excluding tert-OH is 3. The van der Waals surface area contributed by atoms with Crippen molar-refractivity contribution in [3.63, 3.8) is 0 Å². The minimum atomic E-state index is -1.03. The van der Waals surface area contributed by atoms with Crippen LogP contribution in [0, 0.1) is 5.92 Å². The van der Waals surface area contributed by atoms with Crippen LogP contribution in [0.25, 0.3) is 0 Å². The molecule has 1 aliphatic carbocycles. The van der Waals surface area contributed by atoms with Gasteiger partial charge in [0.1, 0.15) is 12.2 Å². The lowest BCUT2D eigenvalue weighted by Crippen LogP contribution is -2.39. The van der Waals surface area contributed by atoms with E-state index in [-0.39, 0.29) is 18.6 Å². The molecule has 0 radical (unpaired) electrons. The molecule has 2 unspecified atom stereocenters. The molecule has 1 saturated carbocycles. The zero-order valence-corrected chi connectivity index (χ0v) is 6.05. The Morgan fingerprint density at radius 3 is 2.55 bits per heavy atom. The van der Waals surface area contributed by atoms with Crippen LogP contribution in [0.2, 0.25) is 0 Å². The molecular weight excluding hydrogens is 148 g/mol. The van der Waals surface area contributed by atoms with Gasteiger partial charge in [0.05, 0.1) is 18.8 Å². The third kappa shape index (κ3) is 1.16. The van der Waals surface area contributed by atoms with E-state index in [4.69, 9.17) is 9.84 Å². The first kappa shape index (κ1) is 7.49. The summed E-state index contributed by atoms with van der Waals surface area (Å²) in [6, 6.07) is 0. The maximum absolute atomic E-state index is 9.35. The topological polar surface area (TPSA) is 69.9 Å². The SMILES string of the molecule is OC1CO[C@@H]2C[C@@H]2C(O)[C@@H]1O. The highest BCUT2D eigenvalue weighted by atomic mass is 16.5. The van der Waals surface area contributed by atoms with Gasteiger partial charge in [-0.3, -0.25) is 0 Å². The van der Waals surface area contributed by atoms with Crippen molar-refractivity contribution in [3.8, 4) is 0 Å². The Balaban J connectivity index is 2.06. The Hall–Kier alpha value is -0.160. The molecule has 4 heteroatoms. The van der Waals surface area contributed by atoms with Gasteiger partial charge in [-0.1, -0.05) is 0 Å². The van der Waals surface area contributed by atoms with Gasteiger partial charge in [-0.15, -0.1) is 0 Å². The zero-order chi connectivity index (χ0) is 8.01. The molecule has 0 bridgehead atoms. The first-order chi connectivity index (χ1) is 5.20. The molecule has 64 valence electrons. The molecule has 4 nitrogen and oxygen atoms in total. The lowest BCUT2D eigenvalue weighted by atomic mass is 10.1. The van der Waals surface area contributed by atoms with Crippen molar-refractivity contribution in [2.75, 3.05) is 6.61 Å².